The van der Waals surface area contributed by atoms with E-state index in [0.29, 0.717) is 12.1 Å². The molecule has 0 aromatic rings. The highest BCUT2D eigenvalue weighted by Gasteiger charge is 2.42. The number of hydrogen-bond acceptors (Lipinski definition) is 1. The molecule has 0 aromatic heterocycles. The van der Waals surface area contributed by atoms with Gasteiger partial charge in [-0.1, -0.05) is 6.92 Å². The van der Waals surface area contributed by atoms with Gasteiger partial charge in [0.05, 0.1) is 0 Å². The monoisotopic (exact) mass is 142 g/mol. The molecule has 3 aliphatic rings. The Morgan fingerprint density at radius 1 is 1.44 bits per heavy atom. The van der Waals surface area contributed by atoms with Crippen LogP contribution >= 0.6 is 12.2 Å². The Bertz CT molecular complexity index is 143. The highest BCUT2D eigenvalue weighted by atomic mass is 32.1. The van der Waals surface area contributed by atoms with Gasteiger partial charge in [0.2, 0.25) is 0 Å². The maximum atomic E-state index is 4.94. The zero-order chi connectivity index (χ0) is 6.43. The lowest BCUT2D eigenvalue weighted by Crippen LogP contribution is -2.68. The topological polar surface area (TPSA) is 24.1 Å². The summed E-state index contributed by atoms with van der Waals surface area (Å²) in [5, 5.41) is 7.27. The lowest BCUT2D eigenvalue weighted by molar-refractivity contribution is 0.164. The average Bonchev–Trinajstić information content (AvgIpc) is 1.87. The summed E-state index contributed by atoms with van der Waals surface area (Å²) in [5.41, 5.74) is 0. The summed E-state index contributed by atoms with van der Waals surface area (Å²) < 4.78 is 0. The molecule has 0 amide bonds. The van der Waals surface area contributed by atoms with E-state index in [2.05, 4.69) is 17.6 Å². The van der Waals surface area contributed by atoms with Crippen molar-refractivity contribution < 1.29 is 0 Å². The Hall–Kier alpha value is -0.310. The standard InChI is InChI=1S/C6H10N2S/c1-3-4-2-5(3)8-6(9)7-4/h3-5H,2H2,1H3,(H2,7,8,9)/t3?,4-,5?/m0/s1. The van der Waals surface area contributed by atoms with Gasteiger partial charge in [0.25, 0.3) is 0 Å². The normalized spacial score (nSPS) is 46.8. The number of thiocarbonyl (C=S) groups is 1. The quantitative estimate of drug-likeness (QED) is 0.474. The van der Waals surface area contributed by atoms with Crippen LogP contribution in [0.3, 0.4) is 0 Å². The summed E-state index contributed by atoms with van der Waals surface area (Å²) in [6, 6.07) is 1.34. The predicted molar refractivity (Wildman–Crippen MR) is 40.2 cm³/mol. The molecule has 2 N–H and O–H groups in total. The SMILES string of the molecule is CC1C2C[C@@H]1NC(=S)N2. The summed E-state index contributed by atoms with van der Waals surface area (Å²) in [6.45, 7) is 2.25. The molecule has 3 rings (SSSR count). The van der Waals surface area contributed by atoms with Crippen LogP contribution < -0.4 is 10.6 Å². The van der Waals surface area contributed by atoms with E-state index in [1.165, 1.54) is 6.42 Å². The molecule has 0 spiro atoms. The molecule has 2 bridgehead atoms. The molecule has 2 heterocycles. The van der Waals surface area contributed by atoms with Crippen molar-refractivity contribution in [2.24, 2.45) is 5.92 Å². The summed E-state index contributed by atoms with van der Waals surface area (Å²) in [6.07, 6.45) is 1.25. The first-order valence-corrected chi connectivity index (χ1v) is 3.75. The van der Waals surface area contributed by atoms with E-state index in [1.54, 1.807) is 0 Å². The molecule has 2 nitrogen and oxygen atoms in total. The van der Waals surface area contributed by atoms with Gasteiger partial charge in [0.1, 0.15) is 0 Å². The zero-order valence-electron chi connectivity index (χ0n) is 5.35. The van der Waals surface area contributed by atoms with Gasteiger partial charge in [-0.05, 0) is 24.6 Å². The van der Waals surface area contributed by atoms with Crippen molar-refractivity contribution in [1.29, 1.82) is 0 Å². The summed E-state index contributed by atoms with van der Waals surface area (Å²) >= 11 is 4.94. The van der Waals surface area contributed by atoms with Crippen molar-refractivity contribution in [1.82, 2.24) is 10.6 Å². The Balaban J connectivity index is 2.09. The number of rotatable bonds is 0. The second kappa shape index (κ2) is 1.59. The fraction of sp³-hybridized carbons (Fsp3) is 0.833. The van der Waals surface area contributed by atoms with Crippen LogP contribution in [-0.2, 0) is 0 Å². The van der Waals surface area contributed by atoms with Gasteiger partial charge in [0, 0.05) is 12.1 Å². The molecule has 0 radical (unpaired) electrons. The van der Waals surface area contributed by atoms with Gasteiger partial charge >= 0.3 is 0 Å². The maximum absolute atomic E-state index is 4.94. The zero-order valence-corrected chi connectivity index (χ0v) is 6.16. The molecule has 1 saturated carbocycles. The first-order chi connectivity index (χ1) is 4.27. The van der Waals surface area contributed by atoms with Crippen LogP contribution in [0.1, 0.15) is 13.3 Å². The van der Waals surface area contributed by atoms with Gasteiger partial charge in [-0.15, -0.1) is 0 Å². The van der Waals surface area contributed by atoms with Crippen molar-refractivity contribution in [2.75, 3.05) is 0 Å². The average molecular weight is 142 g/mol. The molecule has 2 unspecified atom stereocenters. The smallest absolute Gasteiger partial charge is 0.166 e. The second-order valence-electron chi connectivity index (χ2n) is 2.93. The highest BCUT2D eigenvalue weighted by molar-refractivity contribution is 7.80. The van der Waals surface area contributed by atoms with Crippen LogP contribution in [0.25, 0.3) is 0 Å². The predicted octanol–water partition coefficient (Wildman–Crippen LogP) is 0.241. The molecule has 3 atom stereocenters. The molecular formula is C6H10N2S. The molecule has 0 aromatic carbocycles. The summed E-state index contributed by atoms with van der Waals surface area (Å²) in [5.74, 6) is 0.775. The van der Waals surface area contributed by atoms with Crippen LogP contribution in [0.5, 0.6) is 0 Å². The summed E-state index contributed by atoms with van der Waals surface area (Å²) in [7, 11) is 0. The Kier molecular flexibility index (Phi) is 0.970. The number of fused-ring (bicyclic) bond motifs is 2. The molecule has 3 heteroatoms. The van der Waals surface area contributed by atoms with E-state index in [0.717, 1.165) is 11.0 Å². The van der Waals surface area contributed by atoms with Gasteiger partial charge < -0.3 is 10.6 Å². The van der Waals surface area contributed by atoms with E-state index < -0.39 is 0 Å². The third-order valence-electron chi connectivity index (χ3n) is 2.41. The Morgan fingerprint density at radius 3 is 2.33 bits per heavy atom. The van der Waals surface area contributed by atoms with Crippen LogP contribution in [0, 0.1) is 5.92 Å². The van der Waals surface area contributed by atoms with E-state index >= 15 is 0 Å². The first kappa shape index (κ1) is 5.47. The van der Waals surface area contributed by atoms with E-state index in [-0.39, 0.29) is 0 Å². The van der Waals surface area contributed by atoms with Crippen LogP contribution in [0.15, 0.2) is 0 Å². The highest BCUT2D eigenvalue weighted by Crippen LogP contribution is 2.30. The largest absolute Gasteiger partial charge is 0.360 e. The van der Waals surface area contributed by atoms with Crippen LogP contribution in [-0.4, -0.2) is 17.2 Å². The maximum Gasteiger partial charge on any atom is 0.166 e. The second-order valence-corrected chi connectivity index (χ2v) is 3.33. The minimum Gasteiger partial charge on any atom is -0.360 e. The third kappa shape index (κ3) is 0.642. The minimum atomic E-state index is 0.670. The third-order valence-corrected chi connectivity index (χ3v) is 2.65. The minimum absolute atomic E-state index is 0.670. The van der Waals surface area contributed by atoms with Crippen molar-refractivity contribution >= 4 is 17.3 Å². The van der Waals surface area contributed by atoms with Gasteiger partial charge in [-0.3, -0.25) is 0 Å². The number of nitrogens with one attached hydrogen (secondary N) is 2. The fourth-order valence-corrected chi connectivity index (χ4v) is 1.85. The van der Waals surface area contributed by atoms with Crippen molar-refractivity contribution in [3.63, 3.8) is 0 Å². The molecule has 3 fully saturated rings. The summed E-state index contributed by atoms with van der Waals surface area (Å²) in [4.78, 5) is 0. The number of hydrogen-bond donors (Lipinski definition) is 2. The van der Waals surface area contributed by atoms with E-state index in [1.807, 2.05) is 0 Å². The Labute approximate surface area is 60.0 Å². The Morgan fingerprint density at radius 2 is 2.00 bits per heavy atom. The van der Waals surface area contributed by atoms with Crippen LogP contribution in [0.2, 0.25) is 0 Å². The van der Waals surface area contributed by atoms with Crippen molar-refractivity contribution in [3.8, 4) is 0 Å². The van der Waals surface area contributed by atoms with Gasteiger partial charge in [-0.2, -0.15) is 0 Å². The molecule has 2 saturated heterocycles. The molecule has 9 heavy (non-hydrogen) atoms. The molecule has 50 valence electrons. The van der Waals surface area contributed by atoms with E-state index in [4.69, 9.17) is 12.2 Å². The molecule has 2 aliphatic heterocycles. The fourth-order valence-electron chi connectivity index (χ4n) is 1.55. The molecule has 1 aliphatic carbocycles. The van der Waals surface area contributed by atoms with Crippen molar-refractivity contribution in [2.45, 2.75) is 25.4 Å². The van der Waals surface area contributed by atoms with Gasteiger partial charge in [-0.25, -0.2) is 0 Å². The van der Waals surface area contributed by atoms with Crippen molar-refractivity contribution in [3.05, 3.63) is 0 Å². The van der Waals surface area contributed by atoms with Crippen LogP contribution in [0.4, 0.5) is 0 Å². The lowest BCUT2D eigenvalue weighted by Gasteiger charge is -2.49. The van der Waals surface area contributed by atoms with E-state index in [9.17, 15) is 0 Å². The lowest BCUT2D eigenvalue weighted by atomic mass is 9.74. The van der Waals surface area contributed by atoms with Gasteiger partial charge in [0.15, 0.2) is 5.11 Å². The first-order valence-electron chi connectivity index (χ1n) is 3.34. The molecular weight excluding hydrogens is 132 g/mol.